The van der Waals surface area contributed by atoms with E-state index in [1.807, 2.05) is 13.0 Å². The fourth-order valence-electron chi connectivity index (χ4n) is 8.67. The number of allylic oxidation sites excluding steroid dienone is 2. The molecule has 198 valence electrons. The van der Waals surface area contributed by atoms with Crippen LogP contribution in [0.25, 0.3) is 0 Å². The van der Waals surface area contributed by atoms with Crippen molar-refractivity contribution in [2.75, 3.05) is 0 Å². The summed E-state index contributed by atoms with van der Waals surface area (Å²) in [5.41, 5.74) is -0.388. The molecule has 0 aromatic heterocycles. The summed E-state index contributed by atoms with van der Waals surface area (Å²) in [5.74, 6) is 0.455. The summed E-state index contributed by atoms with van der Waals surface area (Å²) in [7, 11) is 0. The van der Waals surface area contributed by atoms with Gasteiger partial charge in [0.25, 0.3) is 0 Å². The van der Waals surface area contributed by atoms with E-state index in [0.29, 0.717) is 17.8 Å². The predicted octanol–water partition coefficient (Wildman–Crippen LogP) is 7.84. The molecule has 2 fully saturated rings. The molecular formula is C32H48N2O2. The molecule has 36 heavy (non-hydrogen) atoms. The fraction of sp³-hybridized carbons (Fsp3) is 0.812. The molecule has 3 aliphatic carbocycles. The maximum Gasteiger partial charge on any atom is 0.176 e. The van der Waals surface area contributed by atoms with Crippen molar-refractivity contribution in [1.29, 1.82) is 10.5 Å². The van der Waals surface area contributed by atoms with E-state index in [4.69, 9.17) is 0 Å². The van der Waals surface area contributed by atoms with Crippen molar-refractivity contribution in [1.82, 2.24) is 0 Å². The first kappa shape index (κ1) is 28.6. The van der Waals surface area contributed by atoms with E-state index in [1.165, 1.54) is 0 Å². The van der Waals surface area contributed by atoms with E-state index in [9.17, 15) is 20.1 Å². The number of Topliss-reactive ketones (excluding diaryl/α,β-unsaturated/α-hetero) is 2. The van der Waals surface area contributed by atoms with Gasteiger partial charge in [0, 0.05) is 12.3 Å². The molecule has 0 aliphatic heterocycles. The van der Waals surface area contributed by atoms with Crippen LogP contribution >= 0.6 is 0 Å². The molecule has 3 aliphatic rings. The van der Waals surface area contributed by atoms with Gasteiger partial charge in [0.05, 0.1) is 17.1 Å². The smallest absolute Gasteiger partial charge is 0.176 e. The molecular weight excluding hydrogens is 444 g/mol. The number of nitriles is 2. The molecule has 0 spiro atoms. The van der Waals surface area contributed by atoms with Crippen molar-refractivity contribution in [2.24, 2.45) is 50.7 Å². The average Bonchev–Trinajstić information content (AvgIpc) is 2.78. The highest BCUT2D eigenvalue weighted by molar-refractivity contribution is 6.01. The first-order valence-electron chi connectivity index (χ1n) is 14.1. The van der Waals surface area contributed by atoms with E-state index in [2.05, 4.69) is 60.6 Å². The van der Waals surface area contributed by atoms with Gasteiger partial charge >= 0.3 is 0 Å². The number of fused-ring (bicyclic) bond motifs is 1. The molecule has 0 bridgehead atoms. The lowest BCUT2D eigenvalue weighted by molar-refractivity contribution is -0.145. The number of nitrogens with zero attached hydrogens (tertiary/aromatic N) is 2. The van der Waals surface area contributed by atoms with Crippen LogP contribution in [0.3, 0.4) is 0 Å². The third-order valence-electron chi connectivity index (χ3n) is 11.7. The normalized spacial score (nSPS) is 40.4. The Hall–Kier alpha value is -1.94. The summed E-state index contributed by atoms with van der Waals surface area (Å²) in [4.78, 5) is 25.5. The standard InChI is InChI=1S/C32H48N2O2/c1-21-17-28(4,5)12-14-32(21,20-34)15-13-29(6,7)31(9)11-10-25-23(3)27(36)24(19-33)18-30(25,8)26(31)16-22(2)35/h18,21,23,25-26H,10-17H2,1-9H3/t21?,23-,25-,26+,30-,31+,32+/m0/s1. The highest BCUT2D eigenvalue weighted by atomic mass is 16.1. The Labute approximate surface area is 219 Å². The lowest BCUT2D eigenvalue weighted by Gasteiger charge is -2.62. The largest absolute Gasteiger partial charge is 0.300 e. The topological polar surface area (TPSA) is 81.7 Å². The monoisotopic (exact) mass is 492 g/mol. The van der Waals surface area contributed by atoms with E-state index in [1.54, 1.807) is 6.92 Å². The quantitative estimate of drug-likeness (QED) is 0.378. The van der Waals surface area contributed by atoms with E-state index in [0.717, 1.165) is 44.9 Å². The van der Waals surface area contributed by atoms with Gasteiger partial charge in [-0.05, 0) is 91.3 Å². The lowest BCUT2D eigenvalue weighted by Crippen LogP contribution is -2.57. The Morgan fingerprint density at radius 3 is 2.28 bits per heavy atom. The van der Waals surface area contributed by atoms with E-state index in [-0.39, 0.29) is 56.6 Å². The van der Waals surface area contributed by atoms with Gasteiger partial charge in [0.2, 0.25) is 0 Å². The van der Waals surface area contributed by atoms with Crippen LogP contribution in [0.2, 0.25) is 0 Å². The average molecular weight is 493 g/mol. The molecule has 0 radical (unpaired) electrons. The SMILES string of the molecule is CC(=O)C[C@@H]1[C@@]2(C)C=C(C#N)C(=O)[C@@H](C)[C@@H]2CC[C@@]1(C)C(C)(C)CC[C@@]1(C#N)CCC(C)(C)CC1C. The summed E-state index contributed by atoms with van der Waals surface area (Å²) >= 11 is 0. The second kappa shape index (κ2) is 9.42. The third kappa shape index (κ3) is 4.59. The summed E-state index contributed by atoms with van der Waals surface area (Å²) in [5, 5.41) is 20.1. The molecule has 1 unspecified atom stereocenters. The molecule has 0 saturated heterocycles. The van der Waals surface area contributed by atoms with Crippen LogP contribution in [0, 0.1) is 73.4 Å². The fourth-order valence-corrected chi connectivity index (χ4v) is 8.67. The highest BCUT2D eigenvalue weighted by Crippen LogP contribution is 2.66. The molecule has 0 amide bonds. The molecule has 0 aromatic rings. The number of carbonyl (C=O) groups excluding carboxylic acids is 2. The van der Waals surface area contributed by atoms with Crippen molar-refractivity contribution in [3.63, 3.8) is 0 Å². The zero-order chi connectivity index (χ0) is 27.3. The number of hydrogen-bond donors (Lipinski definition) is 0. The molecule has 3 rings (SSSR count). The minimum Gasteiger partial charge on any atom is -0.300 e. The Bertz CT molecular complexity index is 1020. The van der Waals surface area contributed by atoms with Crippen LogP contribution in [0.4, 0.5) is 0 Å². The number of hydrogen-bond acceptors (Lipinski definition) is 4. The number of carbonyl (C=O) groups is 2. The molecule has 4 nitrogen and oxygen atoms in total. The van der Waals surface area contributed by atoms with Crippen LogP contribution in [0.15, 0.2) is 11.6 Å². The van der Waals surface area contributed by atoms with Gasteiger partial charge in [0.15, 0.2) is 5.78 Å². The molecule has 2 saturated carbocycles. The predicted molar refractivity (Wildman–Crippen MR) is 143 cm³/mol. The van der Waals surface area contributed by atoms with Gasteiger partial charge in [-0.25, -0.2) is 0 Å². The van der Waals surface area contributed by atoms with Crippen LogP contribution in [-0.2, 0) is 9.59 Å². The summed E-state index contributed by atoms with van der Waals surface area (Å²) < 4.78 is 0. The highest BCUT2D eigenvalue weighted by Gasteiger charge is 2.61. The van der Waals surface area contributed by atoms with Crippen LogP contribution in [-0.4, -0.2) is 11.6 Å². The van der Waals surface area contributed by atoms with Gasteiger partial charge in [-0.1, -0.05) is 61.5 Å². The van der Waals surface area contributed by atoms with E-state index >= 15 is 0 Å². The Morgan fingerprint density at radius 2 is 1.75 bits per heavy atom. The second-order valence-corrected chi connectivity index (χ2v) is 14.6. The van der Waals surface area contributed by atoms with Crippen molar-refractivity contribution in [3.8, 4) is 12.1 Å². The maximum absolute atomic E-state index is 12.9. The Morgan fingerprint density at radius 1 is 1.11 bits per heavy atom. The van der Waals surface area contributed by atoms with Gasteiger partial charge in [-0.15, -0.1) is 0 Å². The number of rotatable bonds is 6. The van der Waals surface area contributed by atoms with Gasteiger partial charge in [-0.2, -0.15) is 10.5 Å². The van der Waals surface area contributed by atoms with Crippen molar-refractivity contribution < 1.29 is 9.59 Å². The van der Waals surface area contributed by atoms with Crippen LogP contribution in [0.5, 0.6) is 0 Å². The zero-order valence-electron chi connectivity index (χ0n) is 24.3. The Kier molecular flexibility index (Phi) is 7.49. The minimum absolute atomic E-state index is 0.0379. The zero-order valence-corrected chi connectivity index (χ0v) is 24.3. The van der Waals surface area contributed by atoms with Crippen molar-refractivity contribution >= 4 is 11.6 Å². The molecule has 4 heteroatoms. The molecule has 0 N–H and O–H groups in total. The van der Waals surface area contributed by atoms with Gasteiger partial charge in [-0.3, -0.25) is 4.79 Å². The molecule has 0 heterocycles. The second-order valence-electron chi connectivity index (χ2n) is 14.6. The summed E-state index contributed by atoms with van der Waals surface area (Å²) in [6, 6.07) is 4.94. The first-order valence-corrected chi connectivity index (χ1v) is 14.1. The van der Waals surface area contributed by atoms with Crippen molar-refractivity contribution in [3.05, 3.63) is 11.6 Å². The maximum atomic E-state index is 12.9. The first-order chi connectivity index (χ1) is 16.5. The summed E-state index contributed by atoms with van der Waals surface area (Å²) in [6.07, 6.45) is 9.19. The lowest BCUT2D eigenvalue weighted by atomic mass is 9.41. The number of ketones is 2. The Balaban J connectivity index is 1.99. The third-order valence-corrected chi connectivity index (χ3v) is 11.7. The van der Waals surface area contributed by atoms with Gasteiger partial charge < -0.3 is 4.79 Å². The summed E-state index contributed by atoms with van der Waals surface area (Å²) in [6.45, 7) is 19.7. The molecule has 7 atom stereocenters. The minimum atomic E-state index is -0.386. The van der Waals surface area contributed by atoms with Crippen LogP contribution < -0.4 is 0 Å². The van der Waals surface area contributed by atoms with Gasteiger partial charge in [0.1, 0.15) is 11.9 Å². The van der Waals surface area contributed by atoms with Crippen LogP contribution in [0.1, 0.15) is 114 Å². The molecule has 0 aromatic carbocycles. The van der Waals surface area contributed by atoms with Crippen molar-refractivity contribution in [2.45, 2.75) is 114 Å². The van der Waals surface area contributed by atoms with E-state index < -0.39 is 0 Å².